The lowest BCUT2D eigenvalue weighted by molar-refractivity contribution is -0.0469. The van der Waals surface area contributed by atoms with E-state index in [2.05, 4.69) is 5.48 Å². The molecule has 1 aliphatic rings. The monoisotopic (exact) mass is 422 g/mol. The maximum absolute atomic E-state index is 12.3. The number of amides is 1. The van der Waals surface area contributed by atoms with Gasteiger partial charge < -0.3 is 19.0 Å². The van der Waals surface area contributed by atoms with E-state index in [1.165, 1.54) is 23.8 Å². The smallest absolute Gasteiger partial charge is 0.412 e. The number of fused-ring (bicyclic) bond motifs is 1. The highest BCUT2D eigenvalue weighted by atomic mass is 16.7. The maximum Gasteiger partial charge on any atom is 0.412 e. The van der Waals surface area contributed by atoms with E-state index in [4.69, 9.17) is 13.7 Å². The Morgan fingerprint density at radius 3 is 2.67 bits per heavy atom. The van der Waals surface area contributed by atoms with Crippen molar-refractivity contribution < 1.29 is 28.7 Å². The van der Waals surface area contributed by atoms with Gasteiger partial charge in [-0.1, -0.05) is 46.0 Å². The summed E-state index contributed by atoms with van der Waals surface area (Å²) in [5.41, 5.74) is 3.26. The molecular weight excluding hydrogens is 388 g/mol. The molecule has 0 aromatic carbocycles. The van der Waals surface area contributed by atoms with E-state index in [1.54, 1.807) is 6.07 Å². The Morgan fingerprint density at radius 2 is 2.00 bits per heavy atom. The summed E-state index contributed by atoms with van der Waals surface area (Å²) in [6, 6.07) is 1.06. The van der Waals surface area contributed by atoms with Crippen LogP contribution in [0.25, 0.3) is 11.2 Å². The summed E-state index contributed by atoms with van der Waals surface area (Å²) in [6.07, 6.45) is 8.79. The van der Waals surface area contributed by atoms with Gasteiger partial charge in [-0.2, -0.15) is 5.48 Å². The number of carboxylic acid groups (broad SMARTS) is 1. The van der Waals surface area contributed by atoms with Gasteiger partial charge in [0, 0.05) is 6.54 Å². The van der Waals surface area contributed by atoms with Gasteiger partial charge >= 0.3 is 6.09 Å². The van der Waals surface area contributed by atoms with E-state index in [0.717, 1.165) is 38.5 Å². The van der Waals surface area contributed by atoms with Crippen LogP contribution in [0, 0.1) is 5.92 Å². The predicted octanol–water partition coefficient (Wildman–Crippen LogP) is 4.92. The second-order valence-corrected chi connectivity index (χ2v) is 8.17. The quantitative estimate of drug-likeness (QED) is 0.441. The second-order valence-electron chi connectivity index (χ2n) is 8.17. The lowest BCUT2D eigenvalue weighted by Crippen LogP contribution is -2.51. The number of aliphatic hydroxyl groups excluding tert-OH is 1. The third-order valence-electron chi connectivity index (χ3n) is 6.18. The van der Waals surface area contributed by atoms with Crippen LogP contribution in [-0.4, -0.2) is 41.1 Å². The number of rotatable bonds is 11. The standard InChI is InChI=1S/C22H34N2O6/c1-3-16(4-2)30-23-13-20(25)18(12-15-8-6-5-7-9-15)24(22(26)27)19-14-29-21-17(19)10-11-28-21/h10-11,14-16,18,20,23,25H,3-9,12-13H2,1-2H3,(H,26,27)/t18-,20+/m0/s1. The number of hydrogen-bond donors (Lipinski definition) is 3. The van der Waals surface area contributed by atoms with Crippen LogP contribution in [0.4, 0.5) is 10.5 Å². The molecule has 8 heteroatoms. The van der Waals surface area contributed by atoms with E-state index < -0.39 is 18.2 Å². The Labute approximate surface area is 177 Å². The van der Waals surface area contributed by atoms with Crippen molar-refractivity contribution >= 4 is 22.9 Å². The summed E-state index contributed by atoms with van der Waals surface area (Å²) in [5, 5.41) is 21.7. The van der Waals surface area contributed by atoms with Crippen LogP contribution in [0.1, 0.15) is 65.2 Å². The van der Waals surface area contributed by atoms with Crippen molar-refractivity contribution in [3.05, 3.63) is 18.6 Å². The lowest BCUT2D eigenvalue weighted by Gasteiger charge is -2.35. The Hall–Kier alpha value is -2.03. The molecule has 0 spiro atoms. The average molecular weight is 423 g/mol. The fourth-order valence-electron chi connectivity index (χ4n) is 4.40. The largest absolute Gasteiger partial charge is 0.465 e. The molecule has 3 rings (SSSR count). The number of hydroxylamine groups is 1. The first-order valence-electron chi connectivity index (χ1n) is 11.1. The molecule has 0 saturated heterocycles. The van der Waals surface area contributed by atoms with Gasteiger partial charge in [0.05, 0.1) is 35.6 Å². The van der Waals surface area contributed by atoms with Crippen LogP contribution in [0.2, 0.25) is 0 Å². The van der Waals surface area contributed by atoms with E-state index >= 15 is 0 Å². The van der Waals surface area contributed by atoms with Crippen LogP contribution in [-0.2, 0) is 4.84 Å². The first kappa shape index (κ1) is 22.7. The van der Waals surface area contributed by atoms with E-state index in [1.807, 2.05) is 13.8 Å². The number of aliphatic hydroxyl groups is 1. The van der Waals surface area contributed by atoms with Crippen molar-refractivity contribution in [2.45, 2.75) is 83.5 Å². The average Bonchev–Trinajstić information content (AvgIpc) is 3.36. The molecule has 1 saturated carbocycles. The molecule has 2 aromatic heterocycles. The topological polar surface area (TPSA) is 108 Å². The first-order chi connectivity index (χ1) is 14.5. The van der Waals surface area contributed by atoms with Crippen molar-refractivity contribution in [1.29, 1.82) is 0 Å². The maximum atomic E-state index is 12.3. The zero-order chi connectivity index (χ0) is 21.5. The molecule has 1 aliphatic carbocycles. The number of anilines is 1. The fraction of sp³-hybridized carbons (Fsp3) is 0.682. The summed E-state index contributed by atoms with van der Waals surface area (Å²) in [7, 11) is 0. The van der Waals surface area contributed by atoms with Crippen molar-refractivity contribution in [3.63, 3.8) is 0 Å². The molecule has 168 valence electrons. The van der Waals surface area contributed by atoms with Gasteiger partial charge in [0.15, 0.2) is 0 Å². The van der Waals surface area contributed by atoms with Crippen LogP contribution in [0.3, 0.4) is 0 Å². The first-order valence-corrected chi connectivity index (χ1v) is 11.1. The van der Waals surface area contributed by atoms with E-state index in [9.17, 15) is 15.0 Å². The Kier molecular flexibility index (Phi) is 8.18. The van der Waals surface area contributed by atoms with E-state index in [0.29, 0.717) is 23.4 Å². The molecule has 1 fully saturated rings. The number of furan rings is 2. The third-order valence-corrected chi connectivity index (χ3v) is 6.18. The summed E-state index contributed by atoms with van der Waals surface area (Å²) in [4.78, 5) is 19.2. The number of nitrogens with zero attached hydrogens (tertiary/aromatic N) is 1. The normalized spacial score (nSPS) is 17.5. The highest BCUT2D eigenvalue weighted by Crippen LogP contribution is 2.35. The van der Waals surface area contributed by atoms with Crippen molar-refractivity contribution in [2.75, 3.05) is 11.4 Å². The molecule has 30 heavy (non-hydrogen) atoms. The summed E-state index contributed by atoms with van der Waals surface area (Å²) < 4.78 is 10.6. The summed E-state index contributed by atoms with van der Waals surface area (Å²) >= 11 is 0. The zero-order valence-electron chi connectivity index (χ0n) is 17.9. The molecule has 0 aliphatic heterocycles. The minimum atomic E-state index is -1.13. The molecule has 2 heterocycles. The highest BCUT2D eigenvalue weighted by molar-refractivity contribution is 5.98. The van der Waals surface area contributed by atoms with Gasteiger partial charge in [-0.05, 0) is 31.2 Å². The summed E-state index contributed by atoms with van der Waals surface area (Å²) in [6.45, 7) is 4.23. The lowest BCUT2D eigenvalue weighted by atomic mass is 9.83. The molecule has 8 nitrogen and oxygen atoms in total. The van der Waals surface area contributed by atoms with Crippen molar-refractivity contribution in [3.8, 4) is 0 Å². The predicted molar refractivity (Wildman–Crippen MR) is 113 cm³/mol. The van der Waals surface area contributed by atoms with Crippen LogP contribution < -0.4 is 10.4 Å². The third kappa shape index (κ3) is 5.36. The minimum Gasteiger partial charge on any atom is -0.465 e. The van der Waals surface area contributed by atoms with Crippen molar-refractivity contribution in [1.82, 2.24) is 5.48 Å². The molecule has 1 amide bonds. The summed E-state index contributed by atoms with van der Waals surface area (Å²) in [5.74, 6) is 0.657. The minimum absolute atomic E-state index is 0.0593. The van der Waals surface area contributed by atoms with Crippen LogP contribution in [0.5, 0.6) is 0 Å². The number of carbonyl (C=O) groups is 1. The van der Waals surface area contributed by atoms with Gasteiger partial charge in [0.2, 0.25) is 0 Å². The van der Waals surface area contributed by atoms with Gasteiger partial charge in [-0.25, -0.2) is 4.79 Å². The zero-order valence-corrected chi connectivity index (χ0v) is 17.9. The molecule has 3 N–H and O–H groups in total. The van der Waals surface area contributed by atoms with Crippen LogP contribution >= 0.6 is 0 Å². The number of nitrogens with one attached hydrogen (secondary N) is 1. The van der Waals surface area contributed by atoms with E-state index in [-0.39, 0.29) is 18.4 Å². The SMILES string of the molecule is CCC(CC)ONC[C@@H](O)[C@H](CC1CCCCC1)N(C(=O)O)c1coc2occc12. The molecule has 2 atom stereocenters. The Morgan fingerprint density at radius 1 is 1.27 bits per heavy atom. The fourth-order valence-corrected chi connectivity index (χ4v) is 4.40. The second kappa shape index (κ2) is 10.8. The Bertz CT molecular complexity index is 778. The molecule has 0 radical (unpaired) electrons. The number of hydrogen-bond acceptors (Lipinski definition) is 6. The molecule has 0 bridgehead atoms. The molecule has 0 unspecified atom stereocenters. The molecule has 2 aromatic rings. The van der Waals surface area contributed by atoms with Gasteiger partial charge in [-0.15, -0.1) is 0 Å². The van der Waals surface area contributed by atoms with Gasteiger partial charge in [0.1, 0.15) is 6.26 Å². The van der Waals surface area contributed by atoms with Gasteiger partial charge in [0.25, 0.3) is 5.78 Å². The Balaban J connectivity index is 1.80. The van der Waals surface area contributed by atoms with Crippen LogP contribution in [0.15, 0.2) is 27.4 Å². The van der Waals surface area contributed by atoms with Crippen molar-refractivity contribution in [2.24, 2.45) is 5.92 Å². The molecular formula is C22H34N2O6. The van der Waals surface area contributed by atoms with Gasteiger partial charge in [-0.3, -0.25) is 9.74 Å². The highest BCUT2D eigenvalue weighted by Gasteiger charge is 2.35.